The van der Waals surface area contributed by atoms with Gasteiger partial charge in [0.05, 0.1) is 0 Å². The fourth-order valence-electron chi connectivity index (χ4n) is 2.26. The van der Waals surface area contributed by atoms with Gasteiger partial charge in [-0.1, -0.05) is 61.5 Å². The van der Waals surface area contributed by atoms with Gasteiger partial charge in [0.1, 0.15) is 0 Å². The Bertz CT molecular complexity index is 417. The van der Waals surface area contributed by atoms with Crippen LogP contribution < -0.4 is 5.32 Å². The van der Waals surface area contributed by atoms with Gasteiger partial charge in [0, 0.05) is 28.0 Å². The van der Waals surface area contributed by atoms with Gasteiger partial charge in [-0.2, -0.15) is 0 Å². The molecule has 112 valence electrons. The van der Waals surface area contributed by atoms with E-state index in [9.17, 15) is 0 Å². The zero-order valence-corrected chi connectivity index (χ0v) is 14.5. The first kappa shape index (κ1) is 17.2. The number of halogens is 1. The Morgan fingerprint density at radius 2 is 1.95 bits per heavy atom. The summed E-state index contributed by atoms with van der Waals surface area (Å²) in [5, 5.41) is 11.0. The minimum atomic E-state index is 0.444. The van der Waals surface area contributed by atoms with E-state index in [1.54, 1.807) is 0 Å². The smallest absolute Gasteiger partial charge is 0.0442 e. The molecule has 20 heavy (non-hydrogen) atoms. The summed E-state index contributed by atoms with van der Waals surface area (Å²) in [6.45, 7) is 6.82. The Kier molecular flexibility index (Phi) is 7.90. The average Bonchev–Trinajstić information content (AvgIpc) is 2.43. The Labute approximate surface area is 132 Å². The van der Waals surface area contributed by atoms with Gasteiger partial charge >= 0.3 is 0 Å². The number of nitrogens with one attached hydrogen (secondary N) is 2. The van der Waals surface area contributed by atoms with Gasteiger partial charge < -0.3 is 10.7 Å². The van der Waals surface area contributed by atoms with Crippen LogP contribution in [0.3, 0.4) is 0 Å². The number of hydrogen-bond donors (Lipinski definition) is 2. The van der Waals surface area contributed by atoms with E-state index in [0.29, 0.717) is 6.04 Å². The van der Waals surface area contributed by atoms with Crippen molar-refractivity contribution in [1.29, 1.82) is 5.41 Å². The molecule has 1 rings (SSSR count). The van der Waals surface area contributed by atoms with Crippen molar-refractivity contribution < 1.29 is 0 Å². The van der Waals surface area contributed by atoms with Crippen molar-refractivity contribution in [2.45, 2.75) is 58.9 Å². The molecular weight excluding hydrogens is 312 g/mol. The first-order chi connectivity index (χ1) is 9.56. The van der Waals surface area contributed by atoms with Gasteiger partial charge in [-0.15, -0.1) is 0 Å². The average molecular weight is 339 g/mol. The molecule has 0 fully saturated rings. The third-order valence-electron chi connectivity index (χ3n) is 3.85. The molecule has 1 aromatic carbocycles. The molecule has 2 unspecified atom stereocenters. The summed E-state index contributed by atoms with van der Waals surface area (Å²) in [5.41, 5.74) is 1.99. The summed E-state index contributed by atoms with van der Waals surface area (Å²) < 4.78 is 1.05. The molecular formula is C17H27BrN2. The lowest BCUT2D eigenvalue weighted by molar-refractivity contribution is 0.472. The molecule has 3 heteroatoms. The van der Waals surface area contributed by atoms with Crippen LogP contribution in [0.25, 0.3) is 0 Å². The van der Waals surface area contributed by atoms with Crippen LogP contribution in [-0.4, -0.2) is 12.3 Å². The summed E-state index contributed by atoms with van der Waals surface area (Å²) in [4.78, 5) is 0. The van der Waals surface area contributed by atoms with Crippen molar-refractivity contribution in [3.8, 4) is 0 Å². The SMILES string of the molecule is CCC(C)CCCCC(C)Nc1cc(Br)ccc1C=N. The van der Waals surface area contributed by atoms with E-state index in [1.165, 1.54) is 38.3 Å². The van der Waals surface area contributed by atoms with E-state index in [-0.39, 0.29) is 0 Å². The van der Waals surface area contributed by atoms with Gasteiger partial charge in [-0.25, -0.2) is 0 Å². The van der Waals surface area contributed by atoms with E-state index in [0.717, 1.165) is 21.6 Å². The number of rotatable bonds is 9. The molecule has 2 atom stereocenters. The van der Waals surface area contributed by atoms with Crippen LogP contribution in [0.15, 0.2) is 22.7 Å². The molecule has 0 bridgehead atoms. The first-order valence-corrected chi connectivity index (χ1v) is 8.42. The molecule has 2 nitrogen and oxygen atoms in total. The minimum Gasteiger partial charge on any atom is -0.382 e. The number of anilines is 1. The van der Waals surface area contributed by atoms with Crippen molar-refractivity contribution in [3.05, 3.63) is 28.2 Å². The maximum atomic E-state index is 7.46. The summed E-state index contributed by atoms with van der Waals surface area (Å²) in [5.74, 6) is 0.855. The summed E-state index contributed by atoms with van der Waals surface area (Å²) in [7, 11) is 0. The molecule has 2 N–H and O–H groups in total. The second kappa shape index (κ2) is 9.17. The van der Waals surface area contributed by atoms with Crippen molar-refractivity contribution in [1.82, 2.24) is 0 Å². The second-order valence-electron chi connectivity index (χ2n) is 5.72. The molecule has 0 aliphatic heterocycles. The van der Waals surface area contributed by atoms with Crippen LogP contribution in [0, 0.1) is 11.3 Å². The number of unbranched alkanes of at least 4 members (excludes halogenated alkanes) is 1. The van der Waals surface area contributed by atoms with Crippen LogP contribution in [0.5, 0.6) is 0 Å². The van der Waals surface area contributed by atoms with Crippen LogP contribution in [-0.2, 0) is 0 Å². The lowest BCUT2D eigenvalue weighted by atomic mass is 9.99. The topological polar surface area (TPSA) is 35.9 Å². The molecule has 0 heterocycles. The van der Waals surface area contributed by atoms with Crippen LogP contribution >= 0.6 is 15.9 Å². The van der Waals surface area contributed by atoms with Crippen molar-refractivity contribution in [2.24, 2.45) is 5.92 Å². The molecule has 0 saturated heterocycles. The standard InChI is InChI=1S/C17H27BrN2/c1-4-13(2)7-5-6-8-14(3)20-17-11-16(18)10-9-15(17)12-19/h9-14,19-20H,4-8H2,1-3H3. The Balaban J connectivity index is 2.40. The summed E-state index contributed by atoms with van der Waals surface area (Å²) in [6.07, 6.45) is 7.80. The Hall–Kier alpha value is -0.830. The predicted molar refractivity (Wildman–Crippen MR) is 93.0 cm³/mol. The van der Waals surface area contributed by atoms with E-state index in [2.05, 4.69) is 48.1 Å². The van der Waals surface area contributed by atoms with Crippen LogP contribution in [0.2, 0.25) is 0 Å². The van der Waals surface area contributed by atoms with E-state index < -0.39 is 0 Å². The molecule has 0 aliphatic carbocycles. The molecule has 1 aromatic rings. The molecule has 0 saturated carbocycles. The van der Waals surface area contributed by atoms with Gasteiger partial charge in [0.15, 0.2) is 0 Å². The van der Waals surface area contributed by atoms with Crippen LogP contribution in [0.4, 0.5) is 5.69 Å². The van der Waals surface area contributed by atoms with Gasteiger partial charge in [-0.05, 0) is 31.4 Å². The van der Waals surface area contributed by atoms with E-state index in [4.69, 9.17) is 5.41 Å². The third-order valence-corrected chi connectivity index (χ3v) is 4.35. The maximum absolute atomic E-state index is 7.46. The highest BCUT2D eigenvalue weighted by atomic mass is 79.9. The zero-order valence-electron chi connectivity index (χ0n) is 12.9. The molecule has 0 radical (unpaired) electrons. The van der Waals surface area contributed by atoms with Gasteiger partial charge in [-0.3, -0.25) is 0 Å². The molecule has 0 aliphatic rings. The fraction of sp³-hybridized carbons (Fsp3) is 0.588. The van der Waals surface area contributed by atoms with E-state index in [1.807, 2.05) is 12.1 Å². The maximum Gasteiger partial charge on any atom is 0.0442 e. The molecule has 0 amide bonds. The Morgan fingerprint density at radius 1 is 1.25 bits per heavy atom. The van der Waals surface area contributed by atoms with Crippen LogP contribution in [0.1, 0.15) is 58.4 Å². The first-order valence-electron chi connectivity index (χ1n) is 7.63. The minimum absolute atomic E-state index is 0.444. The largest absolute Gasteiger partial charge is 0.382 e. The predicted octanol–water partition coefficient (Wildman–Crippen LogP) is 5.85. The highest BCUT2D eigenvalue weighted by molar-refractivity contribution is 9.10. The fourth-order valence-corrected chi connectivity index (χ4v) is 2.63. The number of hydrogen-bond acceptors (Lipinski definition) is 2. The quantitative estimate of drug-likeness (QED) is 0.429. The van der Waals surface area contributed by atoms with Crippen molar-refractivity contribution in [2.75, 3.05) is 5.32 Å². The highest BCUT2D eigenvalue weighted by Gasteiger charge is 2.06. The normalized spacial score (nSPS) is 13.8. The summed E-state index contributed by atoms with van der Waals surface area (Å²) >= 11 is 3.49. The van der Waals surface area contributed by atoms with Crippen molar-refractivity contribution in [3.63, 3.8) is 0 Å². The van der Waals surface area contributed by atoms with Crippen molar-refractivity contribution >= 4 is 27.8 Å². The number of benzene rings is 1. The summed E-state index contributed by atoms with van der Waals surface area (Å²) in [6, 6.07) is 6.44. The van der Waals surface area contributed by atoms with Gasteiger partial charge in [0.25, 0.3) is 0 Å². The molecule has 0 spiro atoms. The zero-order chi connectivity index (χ0) is 15.0. The van der Waals surface area contributed by atoms with Gasteiger partial charge in [0.2, 0.25) is 0 Å². The lowest BCUT2D eigenvalue weighted by Gasteiger charge is -2.17. The third kappa shape index (κ3) is 6.08. The lowest BCUT2D eigenvalue weighted by Crippen LogP contribution is -2.16. The monoisotopic (exact) mass is 338 g/mol. The Morgan fingerprint density at radius 3 is 2.60 bits per heavy atom. The molecule has 0 aromatic heterocycles. The van der Waals surface area contributed by atoms with E-state index >= 15 is 0 Å². The highest BCUT2D eigenvalue weighted by Crippen LogP contribution is 2.22. The second-order valence-corrected chi connectivity index (χ2v) is 6.63.